The smallest absolute Gasteiger partial charge is 0.309 e. The van der Waals surface area contributed by atoms with Crippen molar-refractivity contribution in [2.24, 2.45) is 5.41 Å². The molecule has 1 rings (SSSR count). The van der Waals surface area contributed by atoms with Gasteiger partial charge in [-0.05, 0) is 44.4 Å². The lowest BCUT2D eigenvalue weighted by atomic mass is 9.86. The van der Waals surface area contributed by atoms with Gasteiger partial charge in [0.15, 0.2) is 0 Å². The van der Waals surface area contributed by atoms with Gasteiger partial charge in [0.1, 0.15) is 0 Å². The number of carboxylic acid groups (broad SMARTS) is 1. The molecule has 2 nitrogen and oxygen atoms in total. The fourth-order valence-electron chi connectivity index (χ4n) is 1.26. The van der Waals surface area contributed by atoms with Crippen LogP contribution in [0, 0.1) is 5.41 Å². The molecule has 0 atom stereocenters. The van der Waals surface area contributed by atoms with E-state index in [2.05, 4.69) is 15.9 Å². The van der Waals surface area contributed by atoms with Gasteiger partial charge in [0, 0.05) is 4.47 Å². The van der Waals surface area contributed by atoms with Gasteiger partial charge in [-0.2, -0.15) is 0 Å². The Morgan fingerprint density at radius 3 is 2.67 bits per heavy atom. The van der Waals surface area contributed by atoms with Gasteiger partial charge in [0.25, 0.3) is 0 Å². The first-order chi connectivity index (χ1) is 6.92. The third kappa shape index (κ3) is 3.67. The highest BCUT2D eigenvalue weighted by molar-refractivity contribution is 9.10. The molecule has 0 aromatic heterocycles. The molecule has 15 heavy (non-hydrogen) atoms. The number of aryl methyl sites for hydroxylation is 1. The number of halogens is 1. The molecule has 0 amide bonds. The molecule has 0 aliphatic heterocycles. The fourth-order valence-corrected chi connectivity index (χ4v) is 1.70. The molecule has 0 fully saturated rings. The van der Waals surface area contributed by atoms with E-state index in [1.807, 2.05) is 24.3 Å². The fraction of sp³-hybridized carbons (Fsp3) is 0.417. The first-order valence-corrected chi connectivity index (χ1v) is 5.69. The standard InChI is InChI=1S/C12H15BrO2/c1-12(2,11(14)15)7-6-9-4-3-5-10(13)8-9/h3-5,8H,6-7H2,1-2H3,(H,14,15). The molecule has 0 bridgehead atoms. The van der Waals surface area contributed by atoms with Crippen LogP contribution < -0.4 is 0 Å². The second-order valence-corrected chi connectivity index (χ2v) is 5.23. The second-order valence-electron chi connectivity index (χ2n) is 4.32. The minimum absolute atomic E-state index is 0.650. The lowest BCUT2D eigenvalue weighted by Crippen LogP contribution is -2.24. The van der Waals surface area contributed by atoms with Crippen LogP contribution in [0.15, 0.2) is 28.7 Å². The third-order valence-electron chi connectivity index (χ3n) is 2.51. The summed E-state index contributed by atoms with van der Waals surface area (Å²) in [5, 5.41) is 8.96. The van der Waals surface area contributed by atoms with E-state index in [0.717, 1.165) is 10.9 Å². The first-order valence-electron chi connectivity index (χ1n) is 4.90. The van der Waals surface area contributed by atoms with Crippen LogP contribution in [0.4, 0.5) is 0 Å². The largest absolute Gasteiger partial charge is 0.481 e. The summed E-state index contributed by atoms with van der Waals surface area (Å²) in [6, 6.07) is 7.97. The van der Waals surface area contributed by atoms with Crippen LogP contribution in [0.2, 0.25) is 0 Å². The molecular weight excluding hydrogens is 256 g/mol. The van der Waals surface area contributed by atoms with E-state index in [4.69, 9.17) is 5.11 Å². The van der Waals surface area contributed by atoms with Crippen LogP contribution in [0.5, 0.6) is 0 Å². The Morgan fingerprint density at radius 1 is 1.47 bits per heavy atom. The van der Waals surface area contributed by atoms with Crippen molar-refractivity contribution in [2.75, 3.05) is 0 Å². The van der Waals surface area contributed by atoms with Crippen LogP contribution in [-0.2, 0) is 11.2 Å². The summed E-state index contributed by atoms with van der Waals surface area (Å²) in [7, 11) is 0. The topological polar surface area (TPSA) is 37.3 Å². The zero-order chi connectivity index (χ0) is 11.5. The molecule has 1 N–H and O–H groups in total. The summed E-state index contributed by atoms with van der Waals surface area (Å²) in [6.45, 7) is 3.51. The van der Waals surface area contributed by atoms with Gasteiger partial charge in [-0.15, -0.1) is 0 Å². The van der Waals surface area contributed by atoms with Crippen molar-refractivity contribution in [1.82, 2.24) is 0 Å². The molecule has 0 aliphatic rings. The van der Waals surface area contributed by atoms with Crippen LogP contribution >= 0.6 is 15.9 Å². The Kier molecular flexibility index (Phi) is 3.91. The molecule has 1 aromatic carbocycles. The molecular formula is C12H15BrO2. The Bertz CT molecular complexity index is 358. The van der Waals surface area contributed by atoms with Gasteiger partial charge in [0.2, 0.25) is 0 Å². The first kappa shape index (κ1) is 12.2. The number of aliphatic carboxylic acids is 1. The van der Waals surface area contributed by atoms with E-state index in [1.54, 1.807) is 13.8 Å². The molecule has 1 aromatic rings. The maximum Gasteiger partial charge on any atom is 0.309 e. The minimum atomic E-state index is -0.738. The molecule has 3 heteroatoms. The SMILES string of the molecule is CC(C)(CCc1cccc(Br)c1)C(=O)O. The number of hydrogen-bond donors (Lipinski definition) is 1. The number of rotatable bonds is 4. The lowest BCUT2D eigenvalue weighted by Gasteiger charge is -2.18. The van der Waals surface area contributed by atoms with Crippen molar-refractivity contribution in [3.63, 3.8) is 0 Å². The number of carbonyl (C=O) groups is 1. The number of hydrogen-bond acceptors (Lipinski definition) is 1. The van der Waals surface area contributed by atoms with Crippen molar-refractivity contribution in [1.29, 1.82) is 0 Å². The van der Waals surface area contributed by atoms with Gasteiger partial charge in [-0.3, -0.25) is 4.79 Å². The number of benzene rings is 1. The van der Waals surface area contributed by atoms with Gasteiger partial charge in [-0.25, -0.2) is 0 Å². The van der Waals surface area contributed by atoms with Gasteiger partial charge < -0.3 is 5.11 Å². The molecule has 0 aliphatic carbocycles. The predicted octanol–water partition coefficient (Wildman–Crippen LogP) is 3.49. The highest BCUT2D eigenvalue weighted by Gasteiger charge is 2.26. The van der Waals surface area contributed by atoms with E-state index in [1.165, 1.54) is 5.56 Å². The third-order valence-corrected chi connectivity index (χ3v) is 3.00. The highest BCUT2D eigenvalue weighted by Crippen LogP contribution is 2.23. The number of carboxylic acids is 1. The Hall–Kier alpha value is -0.830. The Balaban J connectivity index is 2.61. The van der Waals surface area contributed by atoms with Gasteiger partial charge >= 0.3 is 5.97 Å². The van der Waals surface area contributed by atoms with Crippen molar-refractivity contribution in [3.8, 4) is 0 Å². The molecule has 0 unspecified atom stereocenters. The summed E-state index contributed by atoms with van der Waals surface area (Å²) in [5.74, 6) is -0.738. The zero-order valence-corrected chi connectivity index (χ0v) is 10.5. The van der Waals surface area contributed by atoms with Crippen molar-refractivity contribution in [3.05, 3.63) is 34.3 Å². The average Bonchev–Trinajstić information content (AvgIpc) is 2.15. The Morgan fingerprint density at radius 2 is 2.13 bits per heavy atom. The summed E-state index contributed by atoms with van der Waals surface area (Å²) in [4.78, 5) is 10.9. The van der Waals surface area contributed by atoms with Gasteiger partial charge in [0.05, 0.1) is 5.41 Å². The van der Waals surface area contributed by atoms with E-state index >= 15 is 0 Å². The van der Waals surface area contributed by atoms with Crippen LogP contribution in [-0.4, -0.2) is 11.1 Å². The van der Waals surface area contributed by atoms with E-state index in [9.17, 15) is 4.79 Å². The summed E-state index contributed by atoms with van der Waals surface area (Å²) < 4.78 is 1.04. The molecule has 0 radical (unpaired) electrons. The summed E-state index contributed by atoms with van der Waals surface area (Å²) in [6.07, 6.45) is 1.44. The van der Waals surface area contributed by atoms with E-state index < -0.39 is 11.4 Å². The quantitative estimate of drug-likeness (QED) is 0.910. The predicted molar refractivity (Wildman–Crippen MR) is 63.9 cm³/mol. The average molecular weight is 271 g/mol. The molecule has 82 valence electrons. The lowest BCUT2D eigenvalue weighted by molar-refractivity contribution is -0.147. The second kappa shape index (κ2) is 4.79. The minimum Gasteiger partial charge on any atom is -0.481 e. The summed E-state index contributed by atoms with van der Waals surface area (Å²) in [5.41, 5.74) is 0.515. The summed E-state index contributed by atoms with van der Waals surface area (Å²) >= 11 is 3.40. The van der Waals surface area contributed by atoms with Crippen LogP contribution in [0.25, 0.3) is 0 Å². The molecule has 0 saturated heterocycles. The van der Waals surface area contributed by atoms with Crippen LogP contribution in [0.3, 0.4) is 0 Å². The van der Waals surface area contributed by atoms with E-state index in [0.29, 0.717) is 6.42 Å². The van der Waals surface area contributed by atoms with Crippen LogP contribution in [0.1, 0.15) is 25.8 Å². The van der Waals surface area contributed by atoms with Crippen molar-refractivity contribution >= 4 is 21.9 Å². The zero-order valence-electron chi connectivity index (χ0n) is 8.96. The van der Waals surface area contributed by atoms with Crippen molar-refractivity contribution < 1.29 is 9.90 Å². The van der Waals surface area contributed by atoms with Crippen molar-refractivity contribution in [2.45, 2.75) is 26.7 Å². The maximum absolute atomic E-state index is 10.9. The normalized spacial score (nSPS) is 11.4. The van der Waals surface area contributed by atoms with E-state index in [-0.39, 0.29) is 0 Å². The van der Waals surface area contributed by atoms with Gasteiger partial charge in [-0.1, -0.05) is 28.1 Å². The highest BCUT2D eigenvalue weighted by atomic mass is 79.9. The Labute approximate surface area is 98.4 Å². The monoisotopic (exact) mass is 270 g/mol. The molecule has 0 saturated carbocycles. The molecule has 0 heterocycles. The maximum atomic E-state index is 10.9. The molecule has 0 spiro atoms.